The van der Waals surface area contributed by atoms with E-state index in [0.29, 0.717) is 11.9 Å². The van der Waals surface area contributed by atoms with Gasteiger partial charge in [-0.3, -0.25) is 4.90 Å². The molecule has 0 saturated carbocycles. The van der Waals surface area contributed by atoms with Crippen LogP contribution in [-0.4, -0.2) is 50.5 Å². The maximum Gasteiger partial charge on any atom is 0.244 e. The van der Waals surface area contributed by atoms with E-state index in [4.69, 9.17) is 0 Å². The molecule has 6 nitrogen and oxygen atoms in total. The summed E-state index contributed by atoms with van der Waals surface area (Å²) in [7, 11) is -1.85. The topological polar surface area (TPSA) is 74.3 Å². The number of anilines is 1. The van der Waals surface area contributed by atoms with Gasteiger partial charge in [0.2, 0.25) is 10.0 Å². The van der Waals surface area contributed by atoms with E-state index in [9.17, 15) is 8.42 Å². The smallest absolute Gasteiger partial charge is 0.244 e. The summed E-state index contributed by atoms with van der Waals surface area (Å²) in [5.74, 6) is 0.390. The number of pyridine rings is 1. The number of nitrogens with zero attached hydrogens (tertiary/aromatic N) is 2. The normalized spacial score (nSPS) is 26.6. The lowest BCUT2D eigenvalue weighted by molar-refractivity contribution is 0.309. The van der Waals surface area contributed by atoms with Gasteiger partial charge in [0, 0.05) is 31.9 Å². The van der Waals surface area contributed by atoms with Gasteiger partial charge >= 0.3 is 0 Å². The quantitative estimate of drug-likeness (QED) is 0.853. The zero-order valence-electron chi connectivity index (χ0n) is 11.5. The van der Waals surface area contributed by atoms with E-state index in [2.05, 4.69) is 19.9 Å². The Morgan fingerprint density at radius 2 is 2.20 bits per heavy atom. The Morgan fingerprint density at radius 1 is 1.35 bits per heavy atom. The molecule has 2 fully saturated rings. The lowest BCUT2D eigenvalue weighted by atomic mass is 10.1. The van der Waals surface area contributed by atoms with E-state index in [1.165, 1.54) is 0 Å². The molecule has 0 bridgehead atoms. The molecule has 0 aromatic carbocycles. The molecular formula is C13H20N4O2S. The van der Waals surface area contributed by atoms with Crippen molar-refractivity contribution in [1.82, 2.24) is 14.6 Å². The van der Waals surface area contributed by atoms with Crippen molar-refractivity contribution in [2.24, 2.45) is 0 Å². The molecule has 20 heavy (non-hydrogen) atoms. The van der Waals surface area contributed by atoms with Crippen LogP contribution in [0.4, 0.5) is 5.82 Å². The van der Waals surface area contributed by atoms with Crippen LogP contribution in [0.2, 0.25) is 0 Å². The summed E-state index contributed by atoms with van der Waals surface area (Å²) in [5, 5.41) is 2.83. The van der Waals surface area contributed by atoms with Gasteiger partial charge in [-0.05, 0) is 37.9 Å². The number of hydrogen-bond acceptors (Lipinski definition) is 5. The molecule has 2 aliphatic rings. The fourth-order valence-electron chi connectivity index (χ4n) is 3.28. The minimum absolute atomic E-state index is 0.0208. The fraction of sp³-hybridized carbons (Fsp3) is 0.615. The highest BCUT2D eigenvalue weighted by atomic mass is 32.2. The average molecular weight is 296 g/mol. The Kier molecular flexibility index (Phi) is 3.66. The van der Waals surface area contributed by atoms with Gasteiger partial charge in [-0.2, -0.15) is 0 Å². The van der Waals surface area contributed by atoms with Crippen molar-refractivity contribution in [2.75, 3.05) is 25.5 Å². The predicted octanol–water partition coefficient (Wildman–Crippen LogP) is 0.638. The number of nitrogens with one attached hydrogen (secondary N) is 2. The summed E-state index contributed by atoms with van der Waals surface area (Å²) in [6.07, 6.45) is 4.72. The highest BCUT2D eigenvalue weighted by Crippen LogP contribution is 2.29. The standard InChI is InChI=1S/C13H20N4O2S/c1-14-13-12(5-2-7-15-13)20(18,19)16-10-6-9-17-8-3-4-11(10)17/h2,5,7,10-11,16H,3-4,6,8-9H2,1H3,(H,14,15). The molecule has 2 unspecified atom stereocenters. The van der Waals surface area contributed by atoms with Gasteiger partial charge in [0.05, 0.1) is 0 Å². The van der Waals surface area contributed by atoms with Crippen LogP contribution in [0.1, 0.15) is 19.3 Å². The van der Waals surface area contributed by atoms with Crippen LogP contribution < -0.4 is 10.0 Å². The van der Waals surface area contributed by atoms with E-state index in [1.807, 2.05) is 0 Å². The first kappa shape index (κ1) is 13.8. The van der Waals surface area contributed by atoms with Crippen LogP contribution in [0, 0.1) is 0 Å². The zero-order valence-corrected chi connectivity index (χ0v) is 12.4. The van der Waals surface area contributed by atoms with Crippen LogP contribution in [0.25, 0.3) is 0 Å². The Balaban J connectivity index is 1.82. The summed E-state index contributed by atoms with van der Waals surface area (Å²) in [4.78, 5) is 6.67. The third kappa shape index (κ3) is 2.41. The molecule has 0 radical (unpaired) electrons. The first-order valence-electron chi connectivity index (χ1n) is 7.01. The number of rotatable bonds is 4. The molecular weight excluding hydrogens is 276 g/mol. The molecule has 2 saturated heterocycles. The molecule has 3 rings (SSSR count). The highest BCUT2D eigenvalue weighted by molar-refractivity contribution is 7.89. The van der Waals surface area contributed by atoms with Gasteiger partial charge in [-0.15, -0.1) is 0 Å². The van der Waals surface area contributed by atoms with Gasteiger partial charge in [0.25, 0.3) is 0 Å². The van der Waals surface area contributed by atoms with Crippen molar-refractivity contribution in [2.45, 2.75) is 36.2 Å². The minimum atomic E-state index is -3.53. The third-order valence-corrected chi connectivity index (χ3v) is 5.73. The van der Waals surface area contributed by atoms with Gasteiger partial charge in [0.1, 0.15) is 10.7 Å². The number of hydrogen-bond donors (Lipinski definition) is 2. The molecule has 7 heteroatoms. The molecule has 1 aromatic heterocycles. The molecule has 3 heterocycles. The Hall–Kier alpha value is -1.18. The lowest BCUT2D eigenvalue weighted by Gasteiger charge is -2.21. The predicted molar refractivity (Wildman–Crippen MR) is 77.1 cm³/mol. The summed E-state index contributed by atoms with van der Waals surface area (Å²) in [6.45, 7) is 2.08. The van der Waals surface area contributed by atoms with E-state index in [0.717, 1.165) is 32.4 Å². The van der Waals surface area contributed by atoms with Gasteiger partial charge in [-0.25, -0.2) is 18.1 Å². The van der Waals surface area contributed by atoms with Crippen molar-refractivity contribution in [1.29, 1.82) is 0 Å². The van der Waals surface area contributed by atoms with Crippen LogP contribution in [0.5, 0.6) is 0 Å². The van der Waals surface area contributed by atoms with Gasteiger partial charge in [0.15, 0.2) is 0 Å². The number of aromatic nitrogens is 1. The molecule has 0 amide bonds. The summed E-state index contributed by atoms with van der Waals surface area (Å²) in [5.41, 5.74) is 0. The van der Waals surface area contributed by atoms with Crippen molar-refractivity contribution in [3.63, 3.8) is 0 Å². The van der Waals surface area contributed by atoms with Crippen LogP contribution in [-0.2, 0) is 10.0 Å². The van der Waals surface area contributed by atoms with E-state index in [-0.39, 0.29) is 10.9 Å². The largest absolute Gasteiger partial charge is 0.372 e. The van der Waals surface area contributed by atoms with E-state index < -0.39 is 10.0 Å². The first-order chi connectivity index (χ1) is 9.62. The summed E-state index contributed by atoms with van der Waals surface area (Å²) < 4.78 is 28.0. The van der Waals surface area contributed by atoms with Gasteiger partial charge in [-0.1, -0.05) is 0 Å². The number of fused-ring (bicyclic) bond motifs is 1. The molecule has 2 N–H and O–H groups in total. The van der Waals surface area contributed by atoms with Crippen LogP contribution in [0.3, 0.4) is 0 Å². The Labute approximate surface area is 119 Å². The second kappa shape index (κ2) is 5.31. The lowest BCUT2D eigenvalue weighted by Crippen LogP contribution is -2.42. The Morgan fingerprint density at radius 3 is 3.00 bits per heavy atom. The summed E-state index contributed by atoms with van der Waals surface area (Å²) in [6, 6.07) is 3.61. The maximum atomic E-state index is 12.5. The highest BCUT2D eigenvalue weighted by Gasteiger charge is 2.39. The fourth-order valence-corrected chi connectivity index (χ4v) is 4.75. The van der Waals surface area contributed by atoms with Crippen molar-refractivity contribution in [3.8, 4) is 0 Å². The second-order valence-electron chi connectivity index (χ2n) is 5.36. The van der Waals surface area contributed by atoms with E-state index >= 15 is 0 Å². The van der Waals surface area contributed by atoms with Crippen molar-refractivity contribution in [3.05, 3.63) is 18.3 Å². The Bertz CT molecular complexity index is 590. The number of sulfonamides is 1. The SMILES string of the molecule is CNc1ncccc1S(=O)(=O)NC1CCN2CCCC12. The molecule has 0 spiro atoms. The van der Waals surface area contributed by atoms with Crippen LogP contribution in [0.15, 0.2) is 23.2 Å². The minimum Gasteiger partial charge on any atom is -0.372 e. The molecule has 1 aromatic rings. The second-order valence-corrected chi connectivity index (χ2v) is 7.04. The molecule has 2 aliphatic heterocycles. The van der Waals surface area contributed by atoms with Crippen molar-refractivity contribution >= 4 is 15.8 Å². The third-order valence-electron chi connectivity index (χ3n) is 4.21. The van der Waals surface area contributed by atoms with E-state index in [1.54, 1.807) is 25.4 Å². The van der Waals surface area contributed by atoms with Crippen molar-refractivity contribution < 1.29 is 8.42 Å². The summed E-state index contributed by atoms with van der Waals surface area (Å²) >= 11 is 0. The van der Waals surface area contributed by atoms with Crippen LogP contribution >= 0.6 is 0 Å². The molecule has 2 atom stereocenters. The molecule has 110 valence electrons. The monoisotopic (exact) mass is 296 g/mol. The van der Waals surface area contributed by atoms with Gasteiger partial charge < -0.3 is 5.32 Å². The maximum absolute atomic E-state index is 12.5. The zero-order chi connectivity index (χ0) is 14.2. The molecule has 0 aliphatic carbocycles. The first-order valence-corrected chi connectivity index (χ1v) is 8.49. The average Bonchev–Trinajstić information content (AvgIpc) is 3.04.